The Labute approximate surface area is 167 Å². The maximum Gasteiger partial charge on any atom is 0.253 e. The van der Waals surface area contributed by atoms with Gasteiger partial charge in [0.2, 0.25) is 0 Å². The summed E-state index contributed by atoms with van der Waals surface area (Å²) in [4.78, 5) is 17.6. The predicted octanol–water partition coefficient (Wildman–Crippen LogP) is 4.54. The van der Waals surface area contributed by atoms with Gasteiger partial charge in [0.15, 0.2) is 0 Å². The van der Waals surface area contributed by atoms with Crippen LogP contribution in [0.3, 0.4) is 0 Å². The van der Waals surface area contributed by atoms with Crippen molar-refractivity contribution >= 4 is 5.91 Å². The topological polar surface area (TPSA) is 23.6 Å². The molecule has 0 bridgehead atoms. The van der Waals surface area contributed by atoms with Gasteiger partial charge in [0.05, 0.1) is 0 Å². The first-order chi connectivity index (χ1) is 13.2. The first-order valence-corrected chi connectivity index (χ1v) is 10.0. The fraction of sp³-hybridized carbons (Fsp3) is 0.458. The van der Waals surface area contributed by atoms with Gasteiger partial charge < -0.3 is 9.80 Å². The molecule has 2 aromatic carbocycles. The van der Waals surface area contributed by atoms with Crippen LogP contribution in [0.4, 0.5) is 4.39 Å². The van der Waals surface area contributed by atoms with Crippen LogP contribution >= 0.6 is 0 Å². The van der Waals surface area contributed by atoms with Crippen molar-refractivity contribution in [2.24, 2.45) is 16.7 Å². The lowest BCUT2D eigenvalue weighted by atomic mass is 9.48. The molecule has 1 aliphatic heterocycles. The summed E-state index contributed by atoms with van der Waals surface area (Å²) >= 11 is 0. The van der Waals surface area contributed by atoms with E-state index in [1.807, 2.05) is 29.2 Å². The maximum atomic E-state index is 13.3. The number of carbonyl (C=O) groups is 1. The molecule has 4 heteroatoms. The zero-order chi connectivity index (χ0) is 20.1. The lowest BCUT2D eigenvalue weighted by Crippen LogP contribution is -2.57. The number of likely N-dealkylation sites (tertiary alicyclic amines) is 1. The number of hydrogen-bond acceptors (Lipinski definition) is 2. The Hall–Kier alpha value is -2.20. The van der Waals surface area contributed by atoms with Crippen molar-refractivity contribution in [3.63, 3.8) is 0 Å². The van der Waals surface area contributed by atoms with Crippen molar-refractivity contribution < 1.29 is 9.18 Å². The molecule has 2 aliphatic rings. The molecular formula is C24H29FN2O. The zero-order valence-corrected chi connectivity index (χ0v) is 17.2. The van der Waals surface area contributed by atoms with Gasteiger partial charge in [-0.05, 0) is 67.2 Å². The number of nitrogens with zero attached hydrogens (tertiary/aromatic N) is 2. The van der Waals surface area contributed by atoms with Crippen LogP contribution in [0.1, 0.15) is 30.6 Å². The Balaban J connectivity index is 1.57. The molecule has 28 heavy (non-hydrogen) atoms. The van der Waals surface area contributed by atoms with Crippen LogP contribution in [-0.4, -0.2) is 49.4 Å². The van der Waals surface area contributed by atoms with Crippen LogP contribution in [0, 0.1) is 22.6 Å². The van der Waals surface area contributed by atoms with E-state index in [0.29, 0.717) is 16.9 Å². The molecule has 1 aliphatic carbocycles. The second-order valence-electron chi connectivity index (χ2n) is 9.59. The molecule has 0 radical (unpaired) electrons. The number of amides is 1. The molecule has 0 aromatic heterocycles. The zero-order valence-electron chi connectivity index (χ0n) is 17.2. The number of hydrogen-bond donors (Lipinski definition) is 0. The molecule has 2 aromatic rings. The second kappa shape index (κ2) is 6.70. The summed E-state index contributed by atoms with van der Waals surface area (Å²) in [5.74, 6) is 0.399. The number of rotatable bonds is 4. The summed E-state index contributed by atoms with van der Waals surface area (Å²) in [6.45, 7) is 7.35. The lowest BCUT2D eigenvalue weighted by Gasteiger charge is -2.57. The minimum Gasteiger partial charge on any atom is -0.338 e. The van der Waals surface area contributed by atoms with E-state index in [0.717, 1.165) is 30.8 Å². The minimum atomic E-state index is -0.252. The molecule has 2 fully saturated rings. The Kier molecular flexibility index (Phi) is 4.58. The third kappa shape index (κ3) is 3.24. The maximum absolute atomic E-state index is 13.3. The van der Waals surface area contributed by atoms with Crippen LogP contribution in [0.5, 0.6) is 0 Å². The molecule has 0 N–H and O–H groups in total. The minimum absolute atomic E-state index is 0.104. The van der Waals surface area contributed by atoms with Gasteiger partial charge in [0.1, 0.15) is 5.82 Å². The van der Waals surface area contributed by atoms with Crippen molar-refractivity contribution in [1.82, 2.24) is 9.80 Å². The van der Waals surface area contributed by atoms with Gasteiger partial charge in [0, 0.05) is 30.6 Å². The third-order valence-corrected chi connectivity index (χ3v) is 6.60. The van der Waals surface area contributed by atoms with Gasteiger partial charge in [-0.25, -0.2) is 4.39 Å². The van der Waals surface area contributed by atoms with E-state index in [2.05, 4.69) is 32.8 Å². The highest BCUT2D eigenvalue weighted by Gasteiger charge is 2.63. The molecule has 1 saturated heterocycles. The standard InChI is InChI=1S/C24H29FN2O/c1-23(2)14-24(15-26(3)4)16-27(13-21(23)24)22(28)19-7-5-6-18(12-19)17-8-10-20(25)11-9-17/h5-12,21H,13-16H2,1-4H3/t21-,24+/m1/s1. The number of fused-ring (bicyclic) bond motifs is 1. The highest BCUT2D eigenvalue weighted by atomic mass is 19.1. The monoisotopic (exact) mass is 380 g/mol. The molecule has 2 atom stereocenters. The van der Waals surface area contributed by atoms with Gasteiger partial charge in [-0.2, -0.15) is 0 Å². The van der Waals surface area contributed by atoms with Crippen LogP contribution in [0.15, 0.2) is 48.5 Å². The van der Waals surface area contributed by atoms with E-state index in [1.165, 1.54) is 18.6 Å². The molecule has 4 rings (SSSR count). The summed E-state index contributed by atoms with van der Waals surface area (Å²) in [5, 5.41) is 0. The summed E-state index contributed by atoms with van der Waals surface area (Å²) in [6.07, 6.45) is 1.17. The van der Waals surface area contributed by atoms with E-state index in [-0.39, 0.29) is 17.1 Å². The van der Waals surface area contributed by atoms with Crippen molar-refractivity contribution in [3.8, 4) is 11.1 Å². The van der Waals surface area contributed by atoms with Crippen molar-refractivity contribution in [3.05, 3.63) is 59.9 Å². The van der Waals surface area contributed by atoms with E-state index in [4.69, 9.17) is 0 Å². The highest BCUT2D eigenvalue weighted by molar-refractivity contribution is 5.95. The van der Waals surface area contributed by atoms with Gasteiger partial charge >= 0.3 is 0 Å². The molecule has 1 heterocycles. The van der Waals surface area contributed by atoms with E-state index < -0.39 is 0 Å². The Morgan fingerprint density at radius 2 is 1.86 bits per heavy atom. The lowest BCUT2D eigenvalue weighted by molar-refractivity contribution is -0.0789. The quantitative estimate of drug-likeness (QED) is 0.777. The summed E-state index contributed by atoms with van der Waals surface area (Å²) in [5.41, 5.74) is 3.08. The van der Waals surface area contributed by atoms with Crippen molar-refractivity contribution in [1.29, 1.82) is 0 Å². The molecule has 3 nitrogen and oxygen atoms in total. The van der Waals surface area contributed by atoms with Gasteiger partial charge in [-0.3, -0.25) is 4.79 Å². The average molecular weight is 381 g/mol. The Morgan fingerprint density at radius 3 is 2.50 bits per heavy atom. The third-order valence-electron chi connectivity index (χ3n) is 6.60. The summed E-state index contributed by atoms with van der Waals surface area (Å²) in [7, 11) is 4.24. The molecule has 0 spiro atoms. The molecule has 1 amide bonds. The fourth-order valence-electron chi connectivity index (χ4n) is 5.78. The number of carbonyl (C=O) groups excluding carboxylic acids is 1. The van der Waals surface area contributed by atoms with Crippen LogP contribution in [-0.2, 0) is 0 Å². The van der Waals surface area contributed by atoms with E-state index in [9.17, 15) is 9.18 Å². The molecule has 1 saturated carbocycles. The molecule has 0 unspecified atom stereocenters. The molecule has 148 valence electrons. The van der Waals surface area contributed by atoms with Crippen LogP contribution < -0.4 is 0 Å². The van der Waals surface area contributed by atoms with Gasteiger partial charge in [0.25, 0.3) is 5.91 Å². The first kappa shape index (κ1) is 19.1. The highest BCUT2D eigenvalue weighted by Crippen LogP contribution is 2.62. The van der Waals surface area contributed by atoms with Crippen molar-refractivity contribution in [2.75, 3.05) is 33.7 Å². The van der Waals surface area contributed by atoms with Gasteiger partial charge in [-0.1, -0.05) is 38.1 Å². The predicted molar refractivity (Wildman–Crippen MR) is 111 cm³/mol. The Morgan fingerprint density at radius 1 is 1.14 bits per heavy atom. The molecular weight excluding hydrogens is 351 g/mol. The normalized spacial score (nSPS) is 25.5. The largest absolute Gasteiger partial charge is 0.338 e. The summed E-state index contributed by atoms with van der Waals surface area (Å²) < 4.78 is 13.2. The Bertz CT molecular complexity index is 886. The van der Waals surface area contributed by atoms with Crippen LogP contribution in [0.2, 0.25) is 0 Å². The summed E-state index contributed by atoms with van der Waals surface area (Å²) in [6, 6.07) is 14.1. The SMILES string of the molecule is CN(C)C[C@@]12CN(C(=O)c3cccc(-c4ccc(F)cc4)c3)C[C@@H]1C(C)(C)C2. The second-order valence-corrected chi connectivity index (χ2v) is 9.59. The number of benzene rings is 2. The van der Waals surface area contributed by atoms with Gasteiger partial charge in [-0.15, -0.1) is 0 Å². The van der Waals surface area contributed by atoms with Crippen LogP contribution in [0.25, 0.3) is 11.1 Å². The van der Waals surface area contributed by atoms with E-state index in [1.54, 1.807) is 12.1 Å². The average Bonchev–Trinajstić information content (AvgIpc) is 2.95. The number of halogens is 1. The fourth-order valence-corrected chi connectivity index (χ4v) is 5.78. The smallest absolute Gasteiger partial charge is 0.253 e. The van der Waals surface area contributed by atoms with Crippen molar-refractivity contribution in [2.45, 2.75) is 20.3 Å². The first-order valence-electron chi connectivity index (χ1n) is 10.0. The van der Waals surface area contributed by atoms with E-state index >= 15 is 0 Å².